The summed E-state index contributed by atoms with van der Waals surface area (Å²) in [6.45, 7) is 0. The third kappa shape index (κ3) is 5.31. The molecule has 0 amide bonds. The Morgan fingerprint density at radius 2 is 1.00 bits per heavy atom. The predicted octanol–water partition coefficient (Wildman–Crippen LogP) is 5.58. The summed E-state index contributed by atoms with van der Waals surface area (Å²) in [4.78, 5) is 0. The second kappa shape index (κ2) is 8.53. The average molecular weight is 249 g/mol. The zero-order valence-electron chi connectivity index (χ0n) is 9.46. The number of hydrogen-bond donors (Lipinski definition) is 0. The molecule has 2 aliphatic carbocycles. The highest BCUT2D eigenvalue weighted by molar-refractivity contribution is 7.57. The molecule has 0 radical (unpaired) electrons. The molecule has 0 saturated heterocycles. The van der Waals surface area contributed by atoms with E-state index in [1.807, 2.05) is 0 Å². The molecule has 0 N–H and O–H groups in total. The van der Waals surface area contributed by atoms with Gasteiger partial charge in [0.15, 0.2) is 0 Å². The first-order chi connectivity index (χ1) is 7.38. The van der Waals surface area contributed by atoms with Crippen LogP contribution in [0, 0.1) is 11.8 Å². The zero-order chi connectivity index (χ0) is 10.9. The Hall–Kier alpha value is 0.390. The standard InChI is InChI=1S/C12H22.ClOP/c1-3-7-11(8-4-1)12-9-5-2-6-10-12;1-3-2/h11-12H,1-10H2;. The number of halogens is 1. The van der Waals surface area contributed by atoms with Crippen LogP contribution in [0.25, 0.3) is 0 Å². The average Bonchev–Trinajstić information content (AvgIpc) is 2.32. The molecule has 0 bridgehead atoms. The fourth-order valence-electron chi connectivity index (χ4n) is 3.21. The number of rotatable bonds is 1. The van der Waals surface area contributed by atoms with Crippen molar-refractivity contribution in [3.8, 4) is 0 Å². The summed E-state index contributed by atoms with van der Waals surface area (Å²) in [6.07, 6.45) is 15.4. The van der Waals surface area contributed by atoms with Gasteiger partial charge >= 0.3 is 0 Å². The van der Waals surface area contributed by atoms with E-state index in [0.717, 1.165) is 11.8 Å². The lowest BCUT2D eigenvalue weighted by molar-refractivity contribution is 0.196. The van der Waals surface area contributed by atoms with Gasteiger partial charge in [-0.15, -0.1) is 0 Å². The number of hydrogen-bond acceptors (Lipinski definition) is 1. The van der Waals surface area contributed by atoms with Gasteiger partial charge < -0.3 is 0 Å². The van der Waals surface area contributed by atoms with Gasteiger partial charge in [0.1, 0.15) is 0 Å². The quantitative estimate of drug-likeness (QED) is 0.554. The van der Waals surface area contributed by atoms with Crippen LogP contribution in [-0.2, 0) is 4.57 Å². The van der Waals surface area contributed by atoms with Gasteiger partial charge in [-0.25, -0.2) is 0 Å². The van der Waals surface area contributed by atoms with Crippen LogP contribution in [0.4, 0.5) is 0 Å². The highest BCUT2D eigenvalue weighted by Crippen LogP contribution is 2.37. The van der Waals surface area contributed by atoms with Crippen molar-refractivity contribution in [1.29, 1.82) is 0 Å². The van der Waals surface area contributed by atoms with Gasteiger partial charge in [-0.1, -0.05) is 64.2 Å². The Morgan fingerprint density at radius 3 is 1.27 bits per heavy atom. The Kier molecular flexibility index (Phi) is 7.65. The maximum Gasteiger partial charge on any atom is 0.267 e. The lowest BCUT2D eigenvalue weighted by Crippen LogP contribution is -2.20. The van der Waals surface area contributed by atoms with Gasteiger partial charge in [-0.3, -0.25) is 4.57 Å². The van der Waals surface area contributed by atoms with Crippen molar-refractivity contribution in [3.05, 3.63) is 0 Å². The van der Waals surface area contributed by atoms with E-state index in [0.29, 0.717) is 0 Å². The normalized spacial score (nSPS) is 24.6. The largest absolute Gasteiger partial charge is 0.267 e. The van der Waals surface area contributed by atoms with E-state index in [9.17, 15) is 0 Å². The lowest BCUT2D eigenvalue weighted by Gasteiger charge is -2.32. The minimum absolute atomic E-state index is 0.361. The molecule has 0 heterocycles. The minimum atomic E-state index is -0.361. The van der Waals surface area contributed by atoms with E-state index in [1.54, 1.807) is 25.7 Å². The SMILES string of the molecule is C1CCC(C2CCCCC2)CC1.O=PCl. The molecular formula is C12H22ClOP. The molecule has 0 aromatic carbocycles. The molecule has 0 aliphatic heterocycles. The molecule has 0 spiro atoms. The van der Waals surface area contributed by atoms with E-state index in [2.05, 4.69) is 11.2 Å². The molecule has 0 aromatic rings. The summed E-state index contributed by atoms with van der Waals surface area (Å²) < 4.78 is 8.67. The van der Waals surface area contributed by atoms with Crippen LogP contribution in [0.2, 0.25) is 0 Å². The van der Waals surface area contributed by atoms with Crippen LogP contribution in [0.15, 0.2) is 0 Å². The first-order valence-electron chi connectivity index (χ1n) is 6.32. The van der Waals surface area contributed by atoms with Crippen LogP contribution < -0.4 is 0 Å². The molecule has 2 saturated carbocycles. The van der Waals surface area contributed by atoms with Gasteiger partial charge in [0.25, 0.3) is 7.81 Å². The van der Waals surface area contributed by atoms with Gasteiger partial charge in [0.2, 0.25) is 0 Å². The summed E-state index contributed by atoms with van der Waals surface area (Å²) in [6, 6.07) is 0. The highest BCUT2D eigenvalue weighted by atomic mass is 35.7. The van der Waals surface area contributed by atoms with Crippen molar-refractivity contribution in [2.24, 2.45) is 11.8 Å². The topological polar surface area (TPSA) is 17.1 Å². The molecule has 3 heteroatoms. The molecule has 15 heavy (non-hydrogen) atoms. The summed E-state index contributed by atoms with van der Waals surface area (Å²) >= 11 is 4.42. The Balaban J connectivity index is 0.000000337. The smallest absolute Gasteiger partial charge is 0.256 e. The molecule has 88 valence electrons. The highest BCUT2D eigenvalue weighted by Gasteiger charge is 2.24. The minimum Gasteiger partial charge on any atom is -0.256 e. The van der Waals surface area contributed by atoms with Crippen molar-refractivity contribution >= 4 is 19.1 Å². The van der Waals surface area contributed by atoms with Crippen molar-refractivity contribution < 1.29 is 4.57 Å². The summed E-state index contributed by atoms with van der Waals surface area (Å²) in [5.74, 6) is 2.28. The van der Waals surface area contributed by atoms with Gasteiger partial charge in [0, 0.05) is 0 Å². The molecule has 0 unspecified atom stereocenters. The molecule has 2 fully saturated rings. The van der Waals surface area contributed by atoms with Crippen LogP contribution in [0.5, 0.6) is 0 Å². The van der Waals surface area contributed by atoms with Crippen molar-refractivity contribution in [2.45, 2.75) is 64.2 Å². The van der Waals surface area contributed by atoms with Crippen LogP contribution >= 0.6 is 19.1 Å². The second-order valence-corrected chi connectivity index (χ2v) is 5.42. The Morgan fingerprint density at radius 1 is 0.733 bits per heavy atom. The maximum absolute atomic E-state index is 8.67. The molecule has 0 atom stereocenters. The zero-order valence-corrected chi connectivity index (χ0v) is 11.1. The molecule has 1 nitrogen and oxygen atoms in total. The fourth-order valence-corrected chi connectivity index (χ4v) is 3.21. The molecule has 0 aromatic heterocycles. The summed E-state index contributed by atoms with van der Waals surface area (Å²) in [7, 11) is -0.361. The lowest BCUT2D eigenvalue weighted by atomic mass is 9.73. The van der Waals surface area contributed by atoms with E-state index in [-0.39, 0.29) is 7.81 Å². The van der Waals surface area contributed by atoms with E-state index >= 15 is 0 Å². The fraction of sp³-hybridized carbons (Fsp3) is 1.00. The maximum atomic E-state index is 8.67. The van der Waals surface area contributed by atoms with Crippen molar-refractivity contribution in [1.82, 2.24) is 0 Å². The van der Waals surface area contributed by atoms with Crippen LogP contribution in [-0.4, -0.2) is 0 Å². The van der Waals surface area contributed by atoms with E-state index < -0.39 is 0 Å². The Bertz CT molecular complexity index is 147. The monoisotopic (exact) mass is 248 g/mol. The first-order valence-corrected chi connectivity index (χ1v) is 8.04. The van der Waals surface area contributed by atoms with Crippen molar-refractivity contribution in [3.63, 3.8) is 0 Å². The van der Waals surface area contributed by atoms with E-state index in [1.165, 1.54) is 38.5 Å². The van der Waals surface area contributed by atoms with Gasteiger partial charge in [0.05, 0.1) is 0 Å². The molecule has 2 rings (SSSR count). The second-order valence-electron chi connectivity index (χ2n) is 4.87. The van der Waals surface area contributed by atoms with Crippen LogP contribution in [0.1, 0.15) is 64.2 Å². The molecular weight excluding hydrogens is 227 g/mol. The summed E-state index contributed by atoms with van der Waals surface area (Å²) in [5.41, 5.74) is 0. The van der Waals surface area contributed by atoms with Crippen molar-refractivity contribution in [2.75, 3.05) is 0 Å². The third-order valence-corrected chi connectivity index (χ3v) is 3.97. The van der Waals surface area contributed by atoms with Gasteiger partial charge in [-0.05, 0) is 23.1 Å². The Labute approximate surface area is 100.0 Å². The van der Waals surface area contributed by atoms with Gasteiger partial charge in [-0.2, -0.15) is 0 Å². The first kappa shape index (κ1) is 13.5. The molecule has 2 aliphatic rings. The predicted molar refractivity (Wildman–Crippen MR) is 66.6 cm³/mol. The third-order valence-electron chi connectivity index (χ3n) is 3.97. The van der Waals surface area contributed by atoms with E-state index in [4.69, 9.17) is 4.57 Å². The van der Waals surface area contributed by atoms with Crippen LogP contribution in [0.3, 0.4) is 0 Å². The summed E-state index contributed by atoms with van der Waals surface area (Å²) in [5, 5.41) is 0.